The second kappa shape index (κ2) is 4.62. The summed E-state index contributed by atoms with van der Waals surface area (Å²) in [4.78, 5) is 10.9. The monoisotopic (exact) mass is 246 g/mol. The number of benzene rings is 1. The van der Waals surface area contributed by atoms with E-state index in [1.807, 2.05) is 30.3 Å². The van der Waals surface area contributed by atoms with Crippen molar-refractivity contribution in [3.63, 3.8) is 0 Å². The minimum Gasteiger partial charge on any atom is -0.479 e. The second-order valence-corrected chi connectivity index (χ2v) is 4.39. The van der Waals surface area contributed by atoms with Gasteiger partial charge in [0.2, 0.25) is 0 Å². The van der Waals surface area contributed by atoms with Crippen LogP contribution in [0.1, 0.15) is 12.5 Å². The maximum absolute atomic E-state index is 10.9. The molecule has 3 N–H and O–H groups in total. The van der Waals surface area contributed by atoms with Crippen LogP contribution in [-0.2, 0) is 11.2 Å². The van der Waals surface area contributed by atoms with Crippen molar-refractivity contribution in [1.29, 1.82) is 0 Å². The molecule has 0 radical (unpaired) electrons. The molecule has 1 heterocycles. The van der Waals surface area contributed by atoms with Gasteiger partial charge in [-0.15, -0.1) is 0 Å². The Morgan fingerprint density at radius 1 is 1.39 bits per heavy atom. The Labute approximate surface area is 104 Å². The minimum absolute atomic E-state index is 0.00304. The zero-order valence-electron chi connectivity index (χ0n) is 9.92. The van der Waals surface area contributed by atoms with Gasteiger partial charge < -0.3 is 10.2 Å². The van der Waals surface area contributed by atoms with Crippen LogP contribution in [0.2, 0.25) is 0 Å². The van der Waals surface area contributed by atoms with Gasteiger partial charge in [0.15, 0.2) is 5.60 Å². The summed E-state index contributed by atoms with van der Waals surface area (Å²) in [6.45, 7) is 1.27. The molecule has 1 unspecified atom stereocenters. The van der Waals surface area contributed by atoms with E-state index in [-0.39, 0.29) is 6.42 Å². The predicted octanol–water partition coefficient (Wildman–Crippen LogP) is 1.45. The number of carbonyl (C=O) groups is 1. The van der Waals surface area contributed by atoms with E-state index in [9.17, 15) is 9.90 Å². The largest absolute Gasteiger partial charge is 0.479 e. The number of carboxylic acid groups (broad SMARTS) is 1. The lowest BCUT2D eigenvalue weighted by Crippen LogP contribution is -2.37. The van der Waals surface area contributed by atoms with Crippen LogP contribution >= 0.6 is 0 Å². The fourth-order valence-corrected chi connectivity index (χ4v) is 1.75. The number of hydrogen-bond donors (Lipinski definition) is 3. The van der Waals surface area contributed by atoms with Gasteiger partial charge in [0, 0.05) is 12.0 Å². The summed E-state index contributed by atoms with van der Waals surface area (Å²) in [6.07, 6.45) is 1.54. The van der Waals surface area contributed by atoms with Gasteiger partial charge >= 0.3 is 5.97 Å². The SMILES string of the molecule is CC(O)(Cc1cn[nH]c1-c1ccccc1)C(=O)O. The van der Waals surface area contributed by atoms with Crippen LogP contribution in [-0.4, -0.2) is 32.0 Å². The first-order valence-corrected chi connectivity index (χ1v) is 5.54. The number of H-pyrrole nitrogens is 1. The summed E-state index contributed by atoms with van der Waals surface area (Å²) >= 11 is 0. The van der Waals surface area contributed by atoms with Crippen LogP contribution < -0.4 is 0 Å². The topological polar surface area (TPSA) is 86.2 Å². The zero-order chi connectivity index (χ0) is 13.2. The lowest BCUT2D eigenvalue weighted by Gasteiger charge is -2.17. The highest BCUT2D eigenvalue weighted by Crippen LogP contribution is 2.24. The van der Waals surface area contributed by atoms with E-state index in [0.717, 1.165) is 11.3 Å². The van der Waals surface area contributed by atoms with Crippen molar-refractivity contribution in [2.45, 2.75) is 18.9 Å². The normalized spacial score (nSPS) is 14.1. The van der Waals surface area contributed by atoms with Crippen molar-refractivity contribution < 1.29 is 15.0 Å². The molecule has 0 amide bonds. The van der Waals surface area contributed by atoms with E-state index >= 15 is 0 Å². The molecular formula is C13H14N2O3. The Bertz CT molecular complexity index is 546. The third-order valence-electron chi connectivity index (χ3n) is 2.78. The summed E-state index contributed by atoms with van der Waals surface area (Å²) in [5, 5.41) is 25.5. The summed E-state index contributed by atoms with van der Waals surface area (Å²) in [5.41, 5.74) is 0.518. The van der Waals surface area contributed by atoms with Gasteiger partial charge in [-0.2, -0.15) is 5.10 Å². The molecule has 94 valence electrons. The van der Waals surface area contributed by atoms with Gasteiger partial charge in [0.05, 0.1) is 11.9 Å². The quantitative estimate of drug-likeness (QED) is 0.762. The highest BCUT2D eigenvalue weighted by Gasteiger charge is 2.31. The van der Waals surface area contributed by atoms with Gasteiger partial charge in [0.1, 0.15) is 0 Å². The standard InChI is InChI=1S/C13H14N2O3/c1-13(18,12(16)17)7-10-8-14-15-11(10)9-5-3-2-4-6-9/h2-6,8,18H,7H2,1H3,(H,14,15)(H,16,17). The molecule has 0 aliphatic rings. The number of aliphatic hydroxyl groups is 1. The van der Waals surface area contributed by atoms with E-state index < -0.39 is 11.6 Å². The number of nitrogens with one attached hydrogen (secondary N) is 1. The maximum atomic E-state index is 10.9. The molecule has 5 nitrogen and oxygen atoms in total. The van der Waals surface area contributed by atoms with E-state index in [1.165, 1.54) is 6.92 Å². The summed E-state index contributed by atoms with van der Waals surface area (Å²) in [5.74, 6) is -1.25. The highest BCUT2D eigenvalue weighted by atomic mass is 16.4. The van der Waals surface area contributed by atoms with E-state index in [2.05, 4.69) is 10.2 Å². The van der Waals surface area contributed by atoms with Crippen LogP contribution in [0.15, 0.2) is 36.5 Å². The minimum atomic E-state index is -1.80. The first-order chi connectivity index (χ1) is 8.50. The second-order valence-electron chi connectivity index (χ2n) is 4.39. The lowest BCUT2D eigenvalue weighted by atomic mass is 9.95. The smallest absolute Gasteiger partial charge is 0.335 e. The molecule has 2 rings (SSSR count). The molecule has 0 fully saturated rings. The van der Waals surface area contributed by atoms with Crippen LogP contribution in [0.3, 0.4) is 0 Å². The van der Waals surface area contributed by atoms with Crippen LogP contribution in [0, 0.1) is 0 Å². The molecule has 1 atom stereocenters. The fourth-order valence-electron chi connectivity index (χ4n) is 1.75. The Kier molecular flexibility index (Phi) is 3.16. The van der Waals surface area contributed by atoms with Gasteiger partial charge in [0.25, 0.3) is 0 Å². The molecule has 0 saturated heterocycles. The van der Waals surface area contributed by atoms with Crippen LogP contribution in [0.5, 0.6) is 0 Å². The first kappa shape index (κ1) is 12.3. The number of carboxylic acids is 1. The fraction of sp³-hybridized carbons (Fsp3) is 0.231. The number of aromatic amines is 1. The number of aliphatic carboxylic acids is 1. The van der Waals surface area contributed by atoms with Gasteiger partial charge in [-0.1, -0.05) is 30.3 Å². The number of aromatic nitrogens is 2. The third kappa shape index (κ3) is 2.41. The molecule has 1 aromatic heterocycles. The third-order valence-corrected chi connectivity index (χ3v) is 2.78. The van der Waals surface area contributed by atoms with Gasteiger partial charge in [-0.3, -0.25) is 5.10 Å². The summed E-state index contributed by atoms with van der Waals surface area (Å²) in [7, 11) is 0. The Morgan fingerprint density at radius 2 is 2.06 bits per heavy atom. The average molecular weight is 246 g/mol. The van der Waals surface area contributed by atoms with E-state index in [1.54, 1.807) is 6.20 Å². The summed E-state index contributed by atoms with van der Waals surface area (Å²) < 4.78 is 0. The maximum Gasteiger partial charge on any atom is 0.335 e. The molecule has 0 bridgehead atoms. The zero-order valence-corrected chi connectivity index (χ0v) is 9.92. The van der Waals surface area contributed by atoms with Crippen molar-refractivity contribution in [3.8, 4) is 11.3 Å². The van der Waals surface area contributed by atoms with E-state index in [4.69, 9.17) is 5.11 Å². The number of hydrogen-bond acceptors (Lipinski definition) is 3. The molecule has 0 spiro atoms. The first-order valence-electron chi connectivity index (χ1n) is 5.54. The van der Waals surface area contributed by atoms with Gasteiger partial charge in [-0.05, 0) is 12.5 Å². The van der Waals surface area contributed by atoms with Crippen molar-refractivity contribution in [1.82, 2.24) is 10.2 Å². The Hall–Kier alpha value is -2.14. The van der Waals surface area contributed by atoms with Crippen molar-refractivity contribution in [2.75, 3.05) is 0 Å². The summed E-state index contributed by atoms with van der Waals surface area (Å²) in [6, 6.07) is 9.45. The molecule has 0 aliphatic heterocycles. The lowest BCUT2D eigenvalue weighted by molar-refractivity contribution is -0.156. The Balaban J connectivity index is 2.32. The van der Waals surface area contributed by atoms with Crippen LogP contribution in [0.4, 0.5) is 0 Å². The molecule has 18 heavy (non-hydrogen) atoms. The number of rotatable bonds is 4. The molecule has 1 aromatic carbocycles. The molecular weight excluding hydrogens is 232 g/mol. The van der Waals surface area contributed by atoms with Crippen molar-refractivity contribution in [3.05, 3.63) is 42.1 Å². The Morgan fingerprint density at radius 3 is 2.67 bits per heavy atom. The number of nitrogens with zero attached hydrogens (tertiary/aromatic N) is 1. The van der Waals surface area contributed by atoms with Crippen molar-refractivity contribution >= 4 is 5.97 Å². The van der Waals surface area contributed by atoms with Crippen molar-refractivity contribution in [2.24, 2.45) is 0 Å². The highest BCUT2D eigenvalue weighted by molar-refractivity contribution is 5.77. The average Bonchev–Trinajstić information content (AvgIpc) is 2.77. The predicted molar refractivity (Wildman–Crippen MR) is 66.0 cm³/mol. The van der Waals surface area contributed by atoms with Crippen LogP contribution in [0.25, 0.3) is 11.3 Å². The molecule has 0 aliphatic carbocycles. The molecule has 2 aromatic rings. The molecule has 0 saturated carbocycles. The molecule has 5 heteroatoms. The van der Waals surface area contributed by atoms with E-state index in [0.29, 0.717) is 5.56 Å². The van der Waals surface area contributed by atoms with Gasteiger partial charge in [-0.25, -0.2) is 4.79 Å².